The van der Waals surface area contributed by atoms with Crippen LogP contribution in [0.25, 0.3) is 0 Å². The molecule has 3 nitrogen and oxygen atoms in total. The lowest BCUT2D eigenvalue weighted by Crippen LogP contribution is -1.87. The van der Waals surface area contributed by atoms with E-state index in [1.807, 2.05) is 24.4 Å². The Morgan fingerprint density at radius 1 is 1.43 bits per heavy atom. The van der Waals surface area contributed by atoms with Crippen molar-refractivity contribution in [3.05, 3.63) is 42.2 Å². The van der Waals surface area contributed by atoms with Gasteiger partial charge in [0.1, 0.15) is 0 Å². The van der Waals surface area contributed by atoms with Crippen LogP contribution in [0.1, 0.15) is 5.56 Å². The molecule has 72 valence electrons. The fourth-order valence-electron chi connectivity index (χ4n) is 1.16. The van der Waals surface area contributed by atoms with E-state index in [4.69, 9.17) is 5.73 Å². The maximum atomic E-state index is 5.67. The first kappa shape index (κ1) is 9.15. The molecule has 1 aromatic heterocycles. The van der Waals surface area contributed by atoms with Crippen LogP contribution in [0.5, 0.6) is 0 Å². The molecular formula is C10H11N3S. The molecule has 1 aromatic carbocycles. The van der Waals surface area contributed by atoms with Gasteiger partial charge in [0.2, 0.25) is 0 Å². The standard InChI is InChI=1S/C10H11N3S/c11-9-3-1-2-8(6-9)7-14-10-12-4-5-13-10/h1-6H,7,11H2,(H,12,13). The van der Waals surface area contributed by atoms with Gasteiger partial charge in [-0.25, -0.2) is 4.98 Å². The predicted molar refractivity (Wildman–Crippen MR) is 59.0 cm³/mol. The molecule has 0 aliphatic carbocycles. The molecule has 1 heterocycles. The van der Waals surface area contributed by atoms with Crippen LogP contribution in [0.15, 0.2) is 41.8 Å². The molecule has 0 unspecified atom stereocenters. The first-order valence-electron chi connectivity index (χ1n) is 4.31. The maximum absolute atomic E-state index is 5.67. The van der Waals surface area contributed by atoms with Gasteiger partial charge in [0, 0.05) is 23.8 Å². The third-order valence-corrected chi connectivity index (χ3v) is 2.77. The Kier molecular flexibility index (Phi) is 2.74. The Balaban J connectivity index is 1.98. The molecule has 0 aliphatic heterocycles. The number of thioether (sulfide) groups is 1. The molecule has 0 amide bonds. The van der Waals surface area contributed by atoms with E-state index in [0.29, 0.717) is 0 Å². The summed E-state index contributed by atoms with van der Waals surface area (Å²) in [6, 6.07) is 7.90. The van der Waals surface area contributed by atoms with E-state index in [1.54, 1.807) is 18.0 Å². The first-order chi connectivity index (χ1) is 6.84. The van der Waals surface area contributed by atoms with Gasteiger partial charge in [0.05, 0.1) is 0 Å². The van der Waals surface area contributed by atoms with Gasteiger partial charge >= 0.3 is 0 Å². The molecule has 14 heavy (non-hydrogen) atoms. The van der Waals surface area contributed by atoms with Gasteiger partial charge in [-0.1, -0.05) is 23.9 Å². The Morgan fingerprint density at radius 2 is 2.36 bits per heavy atom. The zero-order valence-electron chi connectivity index (χ0n) is 7.60. The predicted octanol–water partition coefficient (Wildman–Crippen LogP) is 2.28. The number of nitrogens with one attached hydrogen (secondary N) is 1. The number of nitrogens with zero attached hydrogens (tertiary/aromatic N) is 1. The van der Waals surface area contributed by atoms with Crippen LogP contribution in [0.2, 0.25) is 0 Å². The normalized spacial score (nSPS) is 10.3. The largest absolute Gasteiger partial charge is 0.399 e. The summed E-state index contributed by atoms with van der Waals surface area (Å²) in [4.78, 5) is 7.17. The summed E-state index contributed by atoms with van der Waals surface area (Å²) in [6.07, 6.45) is 3.57. The van der Waals surface area contributed by atoms with Crippen LogP contribution in [0.4, 0.5) is 5.69 Å². The molecule has 0 radical (unpaired) electrons. The van der Waals surface area contributed by atoms with Gasteiger partial charge in [-0.15, -0.1) is 0 Å². The molecule has 0 atom stereocenters. The number of imidazole rings is 1. The highest BCUT2D eigenvalue weighted by Crippen LogP contribution is 2.19. The topological polar surface area (TPSA) is 54.7 Å². The van der Waals surface area contributed by atoms with Crippen molar-refractivity contribution in [1.82, 2.24) is 9.97 Å². The molecule has 0 bridgehead atoms. The van der Waals surface area contributed by atoms with Crippen LogP contribution >= 0.6 is 11.8 Å². The summed E-state index contributed by atoms with van der Waals surface area (Å²) in [5.41, 5.74) is 7.70. The number of benzene rings is 1. The van der Waals surface area contributed by atoms with Crippen molar-refractivity contribution in [2.75, 3.05) is 5.73 Å². The number of nitrogen functional groups attached to an aromatic ring is 1. The van der Waals surface area contributed by atoms with Crippen molar-refractivity contribution in [3.8, 4) is 0 Å². The first-order valence-corrected chi connectivity index (χ1v) is 5.30. The van der Waals surface area contributed by atoms with Gasteiger partial charge in [0.25, 0.3) is 0 Å². The van der Waals surface area contributed by atoms with E-state index >= 15 is 0 Å². The molecule has 2 aromatic rings. The summed E-state index contributed by atoms with van der Waals surface area (Å²) in [7, 11) is 0. The van der Waals surface area contributed by atoms with E-state index in [2.05, 4.69) is 16.0 Å². The lowest BCUT2D eigenvalue weighted by atomic mass is 10.2. The zero-order chi connectivity index (χ0) is 9.80. The van der Waals surface area contributed by atoms with Crippen LogP contribution in [-0.2, 0) is 5.75 Å². The number of hydrogen-bond acceptors (Lipinski definition) is 3. The lowest BCUT2D eigenvalue weighted by molar-refractivity contribution is 1.06. The average molecular weight is 205 g/mol. The highest BCUT2D eigenvalue weighted by atomic mass is 32.2. The van der Waals surface area contributed by atoms with Crippen LogP contribution < -0.4 is 5.73 Å². The van der Waals surface area contributed by atoms with Crippen molar-refractivity contribution >= 4 is 17.4 Å². The molecule has 0 fully saturated rings. The fraction of sp³-hybridized carbons (Fsp3) is 0.100. The SMILES string of the molecule is Nc1cccc(CSc2ncc[nH]2)c1. The Bertz CT molecular complexity index is 398. The molecular weight excluding hydrogens is 194 g/mol. The number of hydrogen-bond donors (Lipinski definition) is 2. The van der Waals surface area contributed by atoms with E-state index in [0.717, 1.165) is 16.6 Å². The Morgan fingerprint density at radius 3 is 3.07 bits per heavy atom. The minimum absolute atomic E-state index is 0.808. The minimum Gasteiger partial charge on any atom is -0.399 e. The van der Waals surface area contributed by atoms with Crippen molar-refractivity contribution in [1.29, 1.82) is 0 Å². The van der Waals surface area contributed by atoms with Crippen molar-refractivity contribution in [3.63, 3.8) is 0 Å². The minimum atomic E-state index is 0.808. The molecule has 4 heteroatoms. The average Bonchev–Trinajstić information content (AvgIpc) is 2.67. The third kappa shape index (κ3) is 2.29. The molecule has 0 aliphatic rings. The molecule has 0 saturated heterocycles. The van der Waals surface area contributed by atoms with Crippen LogP contribution in [0, 0.1) is 0 Å². The number of H-pyrrole nitrogens is 1. The second kappa shape index (κ2) is 4.19. The quantitative estimate of drug-likeness (QED) is 0.597. The Hall–Kier alpha value is -1.42. The fourth-order valence-corrected chi connectivity index (χ4v) is 1.93. The zero-order valence-corrected chi connectivity index (χ0v) is 8.42. The number of aromatic amines is 1. The number of anilines is 1. The maximum Gasteiger partial charge on any atom is 0.165 e. The van der Waals surface area contributed by atoms with Gasteiger partial charge in [-0.3, -0.25) is 0 Å². The third-order valence-electron chi connectivity index (χ3n) is 1.80. The van der Waals surface area contributed by atoms with E-state index in [-0.39, 0.29) is 0 Å². The summed E-state index contributed by atoms with van der Waals surface area (Å²) in [5, 5.41) is 0.937. The second-order valence-electron chi connectivity index (χ2n) is 2.93. The molecule has 0 spiro atoms. The monoisotopic (exact) mass is 205 g/mol. The van der Waals surface area contributed by atoms with Crippen LogP contribution in [0.3, 0.4) is 0 Å². The van der Waals surface area contributed by atoms with Gasteiger partial charge < -0.3 is 10.7 Å². The van der Waals surface area contributed by atoms with Gasteiger partial charge in [-0.05, 0) is 17.7 Å². The summed E-state index contributed by atoms with van der Waals surface area (Å²) in [6.45, 7) is 0. The second-order valence-corrected chi connectivity index (χ2v) is 3.89. The number of nitrogens with two attached hydrogens (primary N) is 1. The van der Waals surface area contributed by atoms with E-state index in [1.165, 1.54) is 5.56 Å². The highest BCUT2D eigenvalue weighted by molar-refractivity contribution is 7.98. The lowest BCUT2D eigenvalue weighted by Gasteiger charge is -2.00. The Labute approximate surface area is 86.7 Å². The van der Waals surface area contributed by atoms with E-state index < -0.39 is 0 Å². The summed E-state index contributed by atoms with van der Waals surface area (Å²) < 4.78 is 0. The van der Waals surface area contributed by atoms with Crippen molar-refractivity contribution in [2.24, 2.45) is 0 Å². The smallest absolute Gasteiger partial charge is 0.165 e. The number of rotatable bonds is 3. The molecule has 2 rings (SSSR count). The van der Waals surface area contributed by atoms with Gasteiger partial charge in [-0.2, -0.15) is 0 Å². The summed E-state index contributed by atoms with van der Waals surface area (Å²) >= 11 is 1.67. The van der Waals surface area contributed by atoms with Gasteiger partial charge in [0.15, 0.2) is 5.16 Å². The van der Waals surface area contributed by atoms with Crippen LogP contribution in [-0.4, -0.2) is 9.97 Å². The molecule has 3 N–H and O–H groups in total. The summed E-state index contributed by atoms with van der Waals surface area (Å²) in [5.74, 6) is 0.887. The highest BCUT2D eigenvalue weighted by Gasteiger charge is 1.97. The number of aromatic nitrogens is 2. The van der Waals surface area contributed by atoms with Crippen molar-refractivity contribution in [2.45, 2.75) is 10.9 Å². The van der Waals surface area contributed by atoms with Crippen molar-refractivity contribution < 1.29 is 0 Å². The van der Waals surface area contributed by atoms with E-state index in [9.17, 15) is 0 Å². The molecule has 0 saturated carbocycles.